The molecule has 6 rings (SSSR count). The van der Waals surface area contributed by atoms with Gasteiger partial charge in [0.05, 0.1) is 31.8 Å². The van der Waals surface area contributed by atoms with E-state index >= 15 is 0 Å². The molecule has 1 aliphatic heterocycles. The molecule has 1 saturated carbocycles. The number of aromatic nitrogens is 2. The number of alkyl halides is 2. The van der Waals surface area contributed by atoms with Gasteiger partial charge in [-0.3, -0.25) is 14.0 Å². The van der Waals surface area contributed by atoms with Crippen molar-refractivity contribution >= 4 is 68.2 Å². The molecule has 0 bridgehead atoms. The van der Waals surface area contributed by atoms with Crippen molar-refractivity contribution < 1.29 is 45.7 Å². The van der Waals surface area contributed by atoms with Crippen LogP contribution in [0, 0.1) is 11.1 Å². The molecule has 12 nitrogen and oxygen atoms in total. The summed E-state index contributed by atoms with van der Waals surface area (Å²) in [5.41, 5.74) is 1.90. The maximum absolute atomic E-state index is 13.6. The molecule has 2 fully saturated rings. The third kappa shape index (κ3) is 10.8. The first-order valence-electron chi connectivity index (χ1n) is 16.7. The van der Waals surface area contributed by atoms with Crippen LogP contribution in [-0.2, 0) is 37.3 Å². The van der Waals surface area contributed by atoms with Crippen LogP contribution in [-0.4, -0.2) is 82.7 Å². The fraction of sp³-hybridized carbons (Fsp3) is 0.429. The van der Waals surface area contributed by atoms with Crippen LogP contribution >= 0.6 is 35.6 Å². The molecule has 3 heterocycles. The fourth-order valence-electron chi connectivity index (χ4n) is 6.02. The van der Waals surface area contributed by atoms with E-state index in [1.165, 1.54) is 28.8 Å². The van der Waals surface area contributed by atoms with Crippen molar-refractivity contribution in [2.75, 3.05) is 56.6 Å². The first-order chi connectivity index (χ1) is 24.8. The van der Waals surface area contributed by atoms with Gasteiger partial charge in [-0.15, -0.1) is 12.4 Å². The Labute approximate surface area is 322 Å². The number of hydrogen-bond acceptors (Lipinski definition) is 9. The number of esters is 1. The minimum absolute atomic E-state index is 0. The molecule has 0 radical (unpaired) electrons. The average molecular weight is 820 g/mol. The predicted molar refractivity (Wildman–Crippen MR) is 198 cm³/mol. The van der Waals surface area contributed by atoms with E-state index in [1.54, 1.807) is 35.0 Å². The van der Waals surface area contributed by atoms with Crippen molar-refractivity contribution in [1.29, 1.82) is 0 Å². The minimum atomic E-state index is -3.59. The van der Waals surface area contributed by atoms with Gasteiger partial charge in [0, 0.05) is 55.3 Å². The molecule has 53 heavy (non-hydrogen) atoms. The number of sulfonamides is 1. The van der Waals surface area contributed by atoms with Crippen molar-refractivity contribution in [3.8, 4) is 11.5 Å². The van der Waals surface area contributed by atoms with Gasteiger partial charge in [0.1, 0.15) is 22.7 Å². The van der Waals surface area contributed by atoms with Gasteiger partial charge < -0.3 is 28.7 Å². The number of halogens is 5. The van der Waals surface area contributed by atoms with Crippen LogP contribution in [0.2, 0.25) is 10.0 Å². The Hall–Kier alpha value is -3.60. The number of rotatable bonds is 16. The zero-order chi connectivity index (χ0) is 37.0. The molecule has 4 aromatic rings. The van der Waals surface area contributed by atoms with Gasteiger partial charge in [-0.05, 0) is 60.7 Å². The average Bonchev–Trinajstić information content (AvgIpc) is 3.84. The first kappa shape index (κ1) is 40.6. The SMILES string of the molecule is CS(=O)(=O)N(CCN1CCOCC1)c1ccc2c(ccn2CC(=O)O[C@@H](Cc2c(Cl)c[n+]([O-])cc2Cl)c2ccc(OC(F)F)c(OCC3CC3)c2)c1.Cl. The number of carbonyl (C=O) groups is 1. The molecule has 1 atom stereocenters. The summed E-state index contributed by atoms with van der Waals surface area (Å²) in [4.78, 5) is 15.8. The Morgan fingerprint density at radius 1 is 1.08 bits per heavy atom. The van der Waals surface area contributed by atoms with Crippen LogP contribution in [0.15, 0.2) is 61.1 Å². The van der Waals surface area contributed by atoms with Crippen molar-refractivity contribution in [2.24, 2.45) is 5.92 Å². The second-order valence-corrected chi connectivity index (χ2v) is 15.5. The number of morpholine rings is 1. The maximum atomic E-state index is 13.6. The van der Waals surface area contributed by atoms with Gasteiger partial charge in [-0.1, -0.05) is 29.3 Å². The highest BCUT2D eigenvalue weighted by molar-refractivity contribution is 7.92. The molecule has 0 amide bonds. The Kier molecular flexibility index (Phi) is 13.5. The molecular formula is C35H39Cl3F2N4O8S. The van der Waals surface area contributed by atoms with E-state index in [-0.39, 0.29) is 53.5 Å². The molecule has 2 aromatic heterocycles. The highest BCUT2D eigenvalue weighted by Crippen LogP contribution is 2.38. The molecule has 2 aliphatic rings. The summed E-state index contributed by atoms with van der Waals surface area (Å²) in [6.45, 7) is 0.503. The van der Waals surface area contributed by atoms with Gasteiger partial charge in [-0.25, -0.2) is 8.42 Å². The normalized spacial score (nSPS) is 15.6. The minimum Gasteiger partial charge on any atom is -0.619 e. The van der Waals surface area contributed by atoms with Crippen LogP contribution in [0.1, 0.15) is 30.1 Å². The van der Waals surface area contributed by atoms with Crippen molar-refractivity contribution in [1.82, 2.24) is 9.47 Å². The van der Waals surface area contributed by atoms with Gasteiger partial charge in [0.25, 0.3) is 0 Å². The van der Waals surface area contributed by atoms with Gasteiger partial charge in [0.2, 0.25) is 10.0 Å². The summed E-state index contributed by atoms with van der Waals surface area (Å²) in [5.74, 6) is -0.435. The number of carbonyl (C=O) groups excluding carboxylic acids is 1. The summed E-state index contributed by atoms with van der Waals surface area (Å²) in [6.07, 6.45) is 5.97. The predicted octanol–water partition coefficient (Wildman–Crippen LogP) is 6.02. The lowest BCUT2D eigenvalue weighted by Gasteiger charge is -2.30. The summed E-state index contributed by atoms with van der Waals surface area (Å²) in [6, 6.07) is 11.3. The lowest BCUT2D eigenvalue weighted by Crippen LogP contribution is -2.43. The van der Waals surface area contributed by atoms with Crippen LogP contribution in [0.3, 0.4) is 0 Å². The van der Waals surface area contributed by atoms with E-state index in [0.29, 0.717) is 64.7 Å². The van der Waals surface area contributed by atoms with Crippen molar-refractivity contribution in [3.63, 3.8) is 0 Å². The number of nitrogens with zero attached hydrogens (tertiary/aromatic N) is 4. The van der Waals surface area contributed by atoms with E-state index in [1.807, 2.05) is 0 Å². The third-order valence-electron chi connectivity index (χ3n) is 8.91. The molecule has 0 unspecified atom stereocenters. The second kappa shape index (κ2) is 17.7. The molecule has 2 aromatic carbocycles. The molecule has 0 N–H and O–H groups in total. The van der Waals surface area contributed by atoms with E-state index in [0.717, 1.165) is 38.3 Å². The summed E-state index contributed by atoms with van der Waals surface area (Å²) >= 11 is 12.8. The number of ether oxygens (including phenoxy) is 4. The van der Waals surface area contributed by atoms with Crippen LogP contribution < -0.4 is 18.5 Å². The van der Waals surface area contributed by atoms with Gasteiger partial charge in [-0.2, -0.15) is 13.5 Å². The standard InChI is InChI=1S/C35H38Cl2F2N4O8S.ClH/c1-52(46,47)43(11-10-40-12-14-48-15-13-40)26-5-6-30-24(16-26)8-9-41(30)21-34(44)50-32(18-27-28(36)19-42(45)20-29(27)37)25-4-7-31(51-35(38)39)33(17-25)49-22-23-2-3-23;/h4-9,16-17,19-20,23,32,35H,2-3,10-15,18,21-22H2,1H3;1H/t32-;/m0./s1. The van der Waals surface area contributed by atoms with Crippen LogP contribution in [0.4, 0.5) is 14.5 Å². The maximum Gasteiger partial charge on any atom is 0.387 e. The van der Waals surface area contributed by atoms with E-state index in [4.69, 9.17) is 37.4 Å². The summed E-state index contributed by atoms with van der Waals surface area (Å²) < 4.78 is 77.5. The topological polar surface area (TPSA) is 126 Å². The highest BCUT2D eigenvalue weighted by Gasteiger charge is 2.27. The van der Waals surface area contributed by atoms with E-state index in [9.17, 15) is 27.2 Å². The Morgan fingerprint density at radius 3 is 2.45 bits per heavy atom. The zero-order valence-electron chi connectivity index (χ0n) is 28.7. The van der Waals surface area contributed by atoms with Gasteiger partial charge in [0.15, 0.2) is 23.9 Å². The highest BCUT2D eigenvalue weighted by atomic mass is 35.5. The van der Waals surface area contributed by atoms with Crippen molar-refractivity contribution in [3.05, 3.63) is 87.4 Å². The lowest BCUT2D eigenvalue weighted by molar-refractivity contribution is -0.605. The smallest absolute Gasteiger partial charge is 0.387 e. The van der Waals surface area contributed by atoms with E-state index < -0.39 is 28.7 Å². The number of fused-ring (bicyclic) bond motifs is 1. The molecule has 1 aliphatic carbocycles. The van der Waals surface area contributed by atoms with Crippen LogP contribution in [0.25, 0.3) is 10.9 Å². The first-order valence-corrected chi connectivity index (χ1v) is 19.3. The Bertz CT molecular complexity index is 1990. The summed E-state index contributed by atoms with van der Waals surface area (Å²) in [7, 11) is -3.59. The fourth-order valence-corrected chi connectivity index (χ4v) is 7.53. The third-order valence-corrected chi connectivity index (χ3v) is 10.8. The quantitative estimate of drug-likeness (QED) is 0.0759. The number of hydrogen-bond donors (Lipinski definition) is 0. The van der Waals surface area contributed by atoms with Crippen LogP contribution in [0.5, 0.6) is 11.5 Å². The zero-order valence-corrected chi connectivity index (χ0v) is 31.8. The monoisotopic (exact) mass is 818 g/mol. The lowest BCUT2D eigenvalue weighted by atomic mass is 10.0. The molecule has 0 spiro atoms. The Morgan fingerprint density at radius 2 is 1.79 bits per heavy atom. The number of anilines is 1. The van der Waals surface area contributed by atoms with E-state index in [2.05, 4.69) is 9.64 Å². The number of benzene rings is 2. The second-order valence-electron chi connectivity index (χ2n) is 12.8. The Balaban J connectivity index is 0.00000541. The number of pyridine rings is 1. The molecule has 1 saturated heterocycles. The molecular weight excluding hydrogens is 781 g/mol. The molecule has 18 heteroatoms. The van der Waals surface area contributed by atoms with Gasteiger partial charge >= 0.3 is 12.6 Å². The summed E-state index contributed by atoms with van der Waals surface area (Å²) in [5, 5.41) is 12.7. The molecule has 288 valence electrons. The largest absolute Gasteiger partial charge is 0.619 e. The van der Waals surface area contributed by atoms with Crippen molar-refractivity contribution in [2.45, 2.75) is 38.5 Å².